The second-order valence-corrected chi connectivity index (χ2v) is 4.89. The summed E-state index contributed by atoms with van der Waals surface area (Å²) in [4.78, 5) is 4.10. The number of nitrogen functional groups attached to an aromatic ring is 1. The molecule has 1 heterocycles. The van der Waals surface area contributed by atoms with Crippen molar-refractivity contribution in [1.82, 2.24) is 4.98 Å². The monoisotopic (exact) mass is 281 g/mol. The van der Waals surface area contributed by atoms with E-state index in [-0.39, 0.29) is 5.82 Å². The highest BCUT2D eigenvalue weighted by molar-refractivity contribution is 6.00. The standard InChI is InChI=1S/C17H16FN3/c18-15-4-2-1-3-12(15)7-10-21-17-6-5-16(19)14-11-20-9-8-13(14)17/h1-6,8-9,11,21H,7,10,19H2. The van der Waals surface area contributed by atoms with Crippen LogP contribution in [0.5, 0.6) is 0 Å². The van der Waals surface area contributed by atoms with Gasteiger partial charge in [-0.3, -0.25) is 4.98 Å². The van der Waals surface area contributed by atoms with Crippen molar-refractivity contribution < 1.29 is 4.39 Å². The Labute approximate surface area is 122 Å². The number of anilines is 2. The fraction of sp³-hybridized carbons (Fsp3) is 0.118. The molecule has 0 radical (unpaired) electrons. The third-order valence-corrected chi connectivity index (χ3v) is 3.52. The number of benzene rings is 2. The number of hydrogen-bond acceptors (Lipinski definition) is 3. The molecule has 0 bridgehead atoms. The summed E-state index contributed by atoms with van der Waals surface area (Å²) in [6, 6.07) is 12.6. The number of hydrogen-bond donors (Lipinski definition) is 2. The minimum absolute atomic E-state index is 0.161. The zero-order valence-corrected chi connectivity index (χ0v) is 11.5. The number of rotatable bonds is 4. The fourth-order valence-corrected chi connectivity index (χ4v) is 2.40. The van der Waals surface area contributed by atoms with E-state index in [4.69, 9.17) is 5.73 Å². The van der Waals surface area contributed by atoms with Gasteiger partial charge in [0.25, 0.3) is 0 Å². The second-order valence-electron chi connectivity index (χ2n) is 4.89. The van der Waals surface area contributed by atoms with Crippen molar-refractivity contribution in [3.05, 3.63) is 66.2 Å². The van der Waals surface area contributed by atoms with Gasteiger partial charge in [-0.1, -0.05) is 18.2 Å². The highest BCUT2D eigenvalue weighted by Crippen LogP contribution is 2.27. The minimum Gasteiger partial charge on any atom is -0.398 e. The van der Waals surface area contributed by atoms with Gasteiger partial charge in [-0.25, -0.2) is 4.39 Å². The molecule has 0 fully saturated rings. The first-order valence-electron chi connectivity index (χ1n) is 6.85. The van der Waals surface area contributed by atoms with Gasteiger partial charge in [0.15, 0.2) is 0 Å². The van der Waals surface area contributed by atoms with Gasteiger partial charge in [0.05, 0.1) is 0 Å². The van der Waals surface area contributed by atoms with Gasteiger partial charge in [0.2, 0.25) is 0 Å². The largest absolute Gasteiger partial charge is 0.398 e. The van der Waals surface area contributed by atoms with Crippen molar-refractivity contribution in [2.75, 3.05) is 17.6 Å². The lowest BCUT2D eigenvalue weighted by molar-refractivity contribution is 0.610. The number of nitrogens with one attached hydrogen (secondary N) is 1. The van der Waals surface area contributed by atoms with Gasteiger partial charge < -0.3 is 11.1 Å². The summed E-state index contributed by atoms with van der Waals surface area (Å²) in [5.74, 6) is -0.161. The van der Waals surface area contributed by atoms with Crippen LogP contribution >= 0.6 is 0 Å². The maximum atomic E-state index is 13.6. The molecule has 0 spiro atoms. The highest BCUT2D eigenvalue weighted by atomic mass is 19.1. The highest BCUT2D eigenvalue weighted by Gasteiger charge is 2.04. The van der Waals surface area contributed by atoms with E-state index < -0.39 is 0 Å². The number of halogens is 1. The molecule has 21 heavy (non-hydrogen) atoms. The smallest absolute Gasteiger partial charge is 0.126 e. The van der Waals surface area contributed by atoms with Crippen LogP contribution in [0.25, 0.3) is 10.8 Å². The summed E-state index contributed by atoms with van der Waals surface area (Å²) >= 11 is 0. The van der Waals surface area contributed by atoms with Crippen molar-refractivity contribution in [2.45, 2.75) is 6.42 Å². The van der Waals surface area contributed by atoms with Crippen LogP contribution in [0.3, 0.4) is 0 Å². The van der Waals surface area contributed by atoms with Crippen LogP contribution in [0, 0.1) is 5.82 Å². The van der Waals surface area contributed by atoms with Crippen molar-refractivity contribution in [3.63, 3.8) is 0 Å². The molecule has 106 valence electrons. The Balaban J connectivity index is 1.77. The Kier molecular flexibility index (Phi) is 3.69. The number of nitrogens with two attached hydrogens (primary N) is 1. The van der Waals surface area contributed by atoms with Crippen LogP contribution in [0.1, 0.15) is 5.56 Å². The molecule has 0 saturated carbocycles. The van der Waals surface area contributed by atoms with E-state index in [2.05, 4.69) is 10.3 Å². The van der Waals surface area contributed by atoms with Crippen molar-refractivity contribution in [1.29, 1.82) is 0 Å². The van der Waals surface area contributed by atoms with Crippen molar-refractivity contribution in [2.24, 2.45) is 0 Å². The molecule has 0 unspecified atom stereocenters. The van der Waals surface area contributed by atoms with Gasteiger partial charge in [0.1, 0.15) is 5.82 Å². The van der Waals surface area contributed by atoms with E-state index in [1.54, 1.807) is 18.5 Å². The fourth-order valence-electron chi connectivity index (χ4n) is 2.40. The molecule has 3 nitrogen and oxygen atoms in total. The maximum Gasteiger partial charge on any atom is 0.126 e. The average Bonchev–Trinajstić information content (AvgIpc) is 2.52. The molecule has 2 aromatic carbocycles. The Morgan fingerprint density at radius 2 is 1.90 bits per heavy atom. The second kappa shape index (κ2) is 5.79. The summed E-state index contributed by atoms with van der Waals surface area (Å²) in [5.41, 5.74) is 8.35. The molecule has 0 aliphatic rings. The lowest BCUT2D eigenvalue weighted by atomic mass is 10.1. The molecule has 3 aromatic rings. The van der Waals surface area contributed by atoms with Crippen LogP contribution < -0.4 is 11.1 Å². The molecule has 3 N–H and O–H groups in total. The molecule has 0 atom stereocenters. The Morgan fingerprint density at radius 1 is 1.05 bits per heavy atom. The normalized spacial score (nSPS) is 10.7. The van der Waals surface area contributed by atoms with Crippen LogP contribution in [0.2, 0.25) is 0 Å². The zero-order valence-electron chi connectivity index (χ0n) is 11.5. The summed E-state index contributed by atoms with van der Waals surface area (Å²) in [5, 5.41) is 5.29. The molecule has 0 amide bonds. The first-order valence-corrected chi connectivity index (χ1v) is 6.85. The number of aromatic nitrogens is 1. The summed E-state index contributed by atoms with van der Waals surface area (Å²) in [7, 11) is 0. The van der Waals surface area contributed by atoms with Crippen molar-refractivity contribution >= 4 is 22.1 Å². The maximum absolute atomic E-state index is 13.6. The van der Waals surface area contributed by atoms with Gasteiger partial charge in [0, 0.05) is 41.1 Å². The average molecular weight is 281 g/mol. The predicted octanol–water partition coefficient (Wildman–Crippen LogP) is 3.61. The minimum atomic E-state index is -0.161. The van der Waals surface area contributed by atoms with Crippen LogP contribution in [0.4, 0.5) is 15.8 Å². The Morgan fingerprint density at radius 3 is 2.76 bits per heavy atom. The van der Waals surface area contributed by atoms with Gasteiger partial charge >= 0.3 is 0 Å². The quantitative estimate of drug-likeness (QED) is 0.718. The molecule has 0 aliphatic carbocycles. The van der Waals surface area contributed by atoms with E-state index in [9.17, 15) is 4.39 Å². The third-order valence-electron chi connectivity index (χ3n) is 3.52. The number of pyridine rings is 1. The zero-order chi connectivity index (χ0) is 14.7. The van der Waals surface area contributed by atoms with E-state index in [0.717, 1.165) is 16.5 Å². The molecule has 4 heteroatoms. The number of fused-ring (bicyclic) bond motifs is 1. The van der Waals surface area contributed by atoms with Crippen molar-refractivity contribution in [3.8, 4) is 0 Å². The van der Waals surface area contributed by atoms with E-state index >= 15 is 0 Å². The summed E-state index contributed by atoms with van der Waals surface area (Å²) in [6.07, 6.45) is 4.13. The first-order chi connectivity index (χ1) is 10.3. The predicted molar refractivity (Wildman–Crippen MR) is 84.7 cm³/mol. The summed E-state index contributed by atoms with van der Waals surface area (Å²) in [6.45, 7) is 0.655. The van der Waals surface area contributed by atoms with E-state index in [0.29, 0.717) is 24.2 Å². The molecule has 3 rings (SSSR count). The van der Waals surface area contributed by atoms with Crippen LogP contribution in [-0.4, -0.2) is 11.5 Å². The van der Waals surface area contributed by atoms with E-state index in [1.807, 2.05) is 30.3 Å². The van der Waals surface area contributed by atoms with E-state index in [1.165, 1.54) is 6.07 Å². The Hall–Kier alpha value is -2.62. The molecule has 1 aromatic heterocycles. The lowest BCUT2D eigenvalue weighted by Gasteiger charge is -2.11. The van der Waals surface area contributed by atoms with Crippen LogP contribution in [0.15, 0.2) is 54.9 Å². The molecule has 0 aliphatic heterocycles. The Bertz CT molecular complexity index is 771. The first kappa shape index (κ1) is 13.4. The van der Waals surface area contributed by atoms with Crippen LogP contribution in [-0.2, 0) is 6.42 Å². The lowest BCUT2D eigenvalue weighted by Crippen LogP contribution is -2.06. The molecular weight excluding hydrogens is 265 g/mol. The summed E-state index contributed by atoms with van der Waals surface area (Å²) < 4.78 is 13.6. The molecule has 0 saturated heterocycles. The van der Waals surface area contributed by atoms with Gasteiger partial charge in [-0.15, -0.1) is 0 Å². The molecular formula is C17H16FN3. The number of nitrogens with zero attached hydrogens (tertiary/aromatic N) is 1. The SMILES string of the molecule is Nc1ccc(NCCc2ccccc2F)c2ccncc12. The van der Waals surface area contributed by atoms with Gasteiger partial charge in [-0.05, 0) is 36.2 Å². The topological polar surface area (TPSA) is 50.9 Å². The van der Waals surface area contributed by atoms with Gasteiger partial charge in [-0.2, -0.15) is 0 Å². The third kappa shape index (κ3) is 2.79.